The van der Waals surface area contributed by atoms with Gasteiger partial charge in [-0.15, -0.1) is 0 Å². The van der Waals surface area contributed by atoms with E-state index in [0.29, 0.717) is 18.1 Å². The fourth-order valence-corrected chi connectivity index (χ4v) is 1.88. The molecule has 0 bridgehead atoms. The largest absolute Gasteiger partial charge is 0.444 e. The Morgan fingerprint density at radius 1 is 1.30 bits per heavy atom. The van der Waals surface area contributed by atoms with E-state index in [1.165, 1.54) is 6.20 Å². The van der Waals surface area contributed by atoms with Crippen molar-refractivity contribution in [3.63, 3.8) is 0 Å². The van der Waals surface area contributed by atoms with Crippen LogP contribution in [-0.2, 0) is 19.1 Å². The summed E-state index contributed by atoms with van der Waals surface area (Å²) in [5.41, 5.74) is -0.839. The summed E-state index contributed by atoms with van der Waals surface area (Å²) in [7, 11) is 0. The maximum Gasteiger partial charge on any atom is 0.419 e. The molecule has 0 aliphatic heterocycles. The van der Waals surface area contributed by atoms with Gasteiger partial charge in [-0.05, 0) is 22.0 Å². The van der Waals surface area contributed by atoms with Gasteiger partial charge in [-0.1, -0.05) is 6.92 Å². The Balaban J connectivity index is 2.17. The van der Waals surface area contributed by atoms with Crippen LogP contribution < -0.4 is 5.32 Å². The van der Waals surface area contributed by atoms with E-state index in [9.17, 15) is 13.2 Å². The lowest BCUT2D eigenvalue weighted by Crippen LogP contribution is -2.12. The number of rotatable bonds is 4. The Morgan fingerprint density at radius 3 is 2.65 bits per heavy atom. The zero-order chi connectivity index (χ0) is 14.8. The van der Waals surface area contributed by atoms with E-state index in [2.05, 4.69) is 31.2 Å². The molecule has 0 saturated carbocycles. The Bertz CT molecular complexity index is 598. The van der Waals surface area contributed by atoms with Crippen LogP contribution >= 0.6 is 15.9 Å². The van der Waals surface area contributed by atoms with E-state index in [1.807, 2.05) is 6.92 Å². The smallest absolute Gasteiger partial charge is 0.419 e. The molecule has 8 heteroatoms. The van der Waals surface area contributed by atoms with Crippen molar-refractivity contribution in [2.75, 3.05) is 5.32 Å². The zero-order valence-electron chi connectivity index (χ0n) is 10.5. The van der Waals surface area contributed by atoms with Crippen molar-refractivity contribution >= 4 is 21.7 Å². The monoisotopic (exact) mass is 349 g/mol. The average molecular weight is 350 g/mol. The highest BCUT2D eigenvalue weighted by atomic mass is 79.9. The number of aryl methyl sites for hydroxylation is 1. The second-order valence-electron chi connectivity index (χ2n) is 3.97. The highest BCUT2D eigenvalue weighted by Crippen LogP contribution is 2.35. The lowest BCUT2D eigenvalue weighted by molar-refractivity contribution is -0.137. The van der Waals surface area contributed by atoms with Crippen molar-refractivity contribution in [1.29, 1.82) is 0 Å². The number of aromatic nitrogens is 2. The second kappa shape index (κ2) is 5.82. The topological polar surface area (TPSA) is 51.0 Å². The number of alkyl halides is 3. The molecular formula is C12H11BrF3N3O. The predicted octanol–water partition coefficient (Wildman–Crippen LogP) is 4.03. The number of anilines is 1. The molecule has 0 radical (unpaired) electrons. The Labute approximate surface area is 121 Å². The molecule has 2 rings (SSSR count). The van der Waals surface area contributed by atoms with E-state index < -0.39 is 11.7 Å². The molecule has 4 nitrogen and oxygen atoms in total. The van der Waals surface area contributed by atoms with Crippen molar-refractivity contribution in [1.82, 2.24) is 9.97 Å². The van der Waals surface area contributed by atoms with Crippen LogP contribution in [0.15, 0.2) is 27.3 Å². The number of oxazole rings is 1. The second-order valence-corrected chi connectivity index (χ2v) is 4.89. The molecule has 0 aliphatic carbocycles. The molecule has 2 heterocycles. The van der Waals surface area contributed by atoms with Gasteiger partial charge in [0.1, 0.15) is 11.6 Å². The van der Waals surface area contributed by atoms with Gasteiger partial charge < -0.3 is 9.73 Å². The minimum absolute atomic E-state index is 0.0394. The van der Waals surface area contributed by atoms with E-state index in [1.54, 1.807) is 6.20 Å². The number of nitrogens with zero attached hydrogens (tertiary/aromatic N) is 2. The van der Waals surface area contributed by atoms with E-state index in [-0.39, 0.29) is 16.8 Å². The number of nitrogens with one attached hydrogen (secondary N) is 1. The van der Waals surface area contributed by atoms with Crippen molar-refractivity contribution in [2.45, 2.75) is 26.1 Å². The summed E-state index contributed by atoms with van der Waals surface area (Å²) in [5, 5.41) is 2.59. The maximum atomic E-state index is 12.9. The van der Waals surface area contributed by atoms with Crippen LogP contribution in [0, 0.1) is 0 Å². The van der Waals surface area contributed by atoms with E-state index >= 15 is 0 Å². The Morgan fingerprint density at radius 2 is 2.05 bits per heavy atom. The van der Waals surface area contributed by atoms with Crippen LogP contribution in [0.4, 0.5) is 19.0 Å². The summed E-state index contributed by atoms with van der Waals surface area (Å²) in [6.07, 6.45) is -0.955. The molecule has 2 aromatic heterocycles. The minimum Gasteiger partial charge on any atom is -0.444 e. The molecule has 20 heavy (non-hydrogen) atoms. The molecule has 0 fully saturated rings. The molecule has 0 aromatic carbocycles. The first-order chi connectivity index (χ1) is 9.40. The van der Waals surface area contributed by atoms with Crippen molar-refractivity contribution in [2.24, 2.45) is 0 Å². The number of hydrogen-bond donors (Lipinski definition) is 1. The van der Waals surface area contributed by atoms with Gasteiger partial charge in [0, 0.05) is 17.1 Å². The third-order valence-corrected chi connectivity index (χ3v) is 2.95. The summed E-state index contributed by atoms with van der Waals surface area (Å²) < 4.78 is 44.2. The van der Waals surface area contributed by atoms with Crippen molar-refractivity contribution in [3.05, 3.63) is 40.1 Å². The first-order valence-electron chi connectivity index (χ1n) is 5.80. The van der Waals surface area contributed by atoms with Gasteiger partial charge in [-0.2, -0.15) is 13.2 Å². The summed E-state index contributed by atoms with van der Waals surface area (Å²) in [4.78, 5) is 7.70. The maximum absolute atomic E-state index is 12.9. The highest BCUT2D eigenvalue weighted by Gasteiger charge is 2.34. The quantitative estimate of drug-likeness (QED) is 0.905. The van der Waals surface area contributed by atoms with Gasteiger partial charge in [0.05, 0.1) is 18.3 Å². The van der Waals surface area contributed by atoms with Crippen LogP contribution in [0.1, 0.15) is 24.1 Å². The van der Waals surface area contributed by atoms with Crippen LogP contribution in [0.5, 0.6) is 0 Å². The molecule has 0 aliphatic rings. The molecule has 1 N–H and O–H groups in total. The first kappa shape index (κ1) is 14.8. The zero-order valence-corrected chi connectivity index (χ0v) is 12.0. The summed E-state index contributed by atoms with van der Waals surface area (Å²) in [6, 6.07) is 0.975. The van der Waals surface area contributed by atoms with Crippen molar-refractivity contribution < 1.29 is 17.6 Å². The van der Waals surface area contributed by atoms with Crippen LogP contribution in [-0.4, -0.2) is 9.97 Å². The van der Waals surface area contributed by atoms with Gasteiger partial charge in [-0.25, -0.2) is 9.97 Å². The SMILES string of the molecule is CCc1cnc(CNc2ncc(Br)cc2C(F)(F)F)o1. The highest BCUT2D eigenvalue weighted by molar-refractivity contribution is 9.10. The van der Waals surface area contributed by atoms with Crippen molar-refractivity contribution in [3.8, 4) is 0 Å². The molecule has 0 spiro atoms. The molecule has 0 atom stereocenters. The Kier molecular flexibility index (Phi) is 4.32. The number of pyridine rings is 1. The number of halogens is 4. The standard InChI is InChI=1S/C12H11BrF3N3O/c1-2-8-5-17-10(20-8)6-19-11-9(12(14,15)16)3-7(13)4-18-11/h3-5H,2,6H2,1H3,(H,18,19). The molecular weight excluding hydrogens is 339 g/mol. The third kappa shape index (κ3) is 3.50. The van der Waals surface area contributed by atoms with Gasteiger partial charge in [0.15, 0.2) is 0 Å². The lowest BCUT2D eigenvalue weighted by atomic mass is 10.2. The molecule has 0 amide bonds. The third-order valence-electron chi connectivity index (χ3n) is 2.52. The summed E-state index contributed by atoms with van der Waals surface area (Å²) in [6.45, 7) is 1.94. The molecule has 0 saturated heterocycles. The fourth-order valence-electron chi connectivity index (χ4n) is 1.55. The first-order valence-corrected chi connectivity index (χ1v) is 6.59. The van der Waals surface area contributed by atoms with E-state index in [4.69, 9.17) is 4.42 Å². The van der Waals surface area contributed by atoms with Crippen LogP contribution in [0.25, 0.3) is 0 Å². The van der Waals surface area contributed by atoms with Gasteiger partial charge in [0.2, 0.25) is 5.89 Å². The summed E-state index contributed by atoms with van der Waals surface area (Å²) >= 11 is 2.98. The predicted molar refractivity (Wildman–Crippen MR) is 70.1 cm³/mol. The van der Waals surface area contributed by atoms with Gasteiger partial charge >= 0.3 is 6.18 Å². The summed E-state index contributed by atoms with van der Waals surface area (Å²) in [5.74, 6) is 0.748. The van der Waals surface area contributed by atoms with E-state index in [0.717, 1.165) is 6.07 Å². The average Bonchev–Trinajstić information content (AvgIpc) is 2.84. The van der Waals surface area contributed by atoms with Crippen LogP contribution in [0.2, 0.25) is 0 Å². The lowest BCUT2D eigenvalue weighted by Gasteiger charge is -2.12. The van der Waals surface area contributed by atoms with Gasteiger partial charge in [0.25, 0.3) is 0 Å². The minimum atomic E-state index is -4.48. The van der Waals surface area contributed by atoms with Crippen LogP contribution in [0.3, 0.4) is 0 Å². The Hall–Kier alpha value is -1.57. The molecule has 108 valence electrons. The fraction of sp³-hybridized carbons (Fsp3) is 0.333. The number of hydrogen-bond acceptors (Lipinski definition) is 4. The molecule has 0 unspecified atom stereocenters. The molecule has 2 aromatic rings. The van der Waals surface area contributed by atoms with Gasteiger partial charge in [-0.3, -0.25) is 0 Å². The normalized spacial score (nSPS) is 11.7.